The number of rotatable bonds is 9. The summed E-state index contributed by atoms with van der Waals surface area (Å²) in [6, 6.07) is 0. The van der Waals surface area contributed by atoms with Gasteiger partial charge in [-0.2, -0.15) is 0 Å². The van der Waals surface area contributed by atoms with E-state index in [-0.39, 0.29) is 6.61 Å². The molecule has 0 aliphatic rings. The van der Waals surface area contributed by atoms with Crippen molar-refractivity contribution in [3.8, 4) is 0 Å². The van der Waals surface area contributed by atoms with E-state index in [0.717, 1.165) is 0 Å². The van der Waals surface area contributed by atoms with Crippen LogP contribution in [-0.2, 0) is 28.5 Å². The first-order valence-electron chi connectivity index (χ1n) is 6.59. The fourth-order valence-corrected chi connectivity index (χ4v) is 1.40. The molecule has 0 bridgehead atoms. The molecule has 0 radical (unpaired) electrons. The lowest BCUT2D eigenvalue weighted by Crippen LogP contribution is -2.59. The van der Waals surface area contributed by atoms with Crippen molar-refractivity contribution in [3.63, 3.8) is 0 Å². The maximum absolute atomic E-state index is 12.3. The van der Waals surface area contributed by atoms with Gasteiger partial charge in [0.15, 0.2) is 6.29 Å². The number of hydrogen-bond donors (Lipinski definition) is 1. The highest BCUT2D eigenvalue weighted by Crippen LogP contribution is 2.19. The molecule has 1 N–H and O–H groups in total. The van der Waals surface area contributed by atoms with Crippen LogP contribution in [0.1, 0.15) is 41.5 Å². The van der Waals surface area contributed by atoms with E-state index in [1.165, 1.54) is 0 Å². The first kappa shape index (κ1) is 18.8. The predicted molar refractivity (Wildman–Crippen MR) is 71.6 cm³/mol. The minimum absolute atomic E-state index is 0.138. The number of esters is 1. The third kappa shape index (κ3) is 6.31. The zero-order chi connectivity index (χ0) is 15.8. The topological polar surface area (TPSA) is 83.1 Å². The third-order valence-corrected chi connectivity index (χ3v) is 2.00. The van der Waals surface area contributed by atoms with Crippen LogP contribution >= 0.6 is 0 Å². The molecule has 2 unspecified atom stereocenters. The normalized spacial score (nSPS) is 16.1. The van der Waals surface area contributed by atoms with Crippen molar-refractivity contribution >= 4 is 12.4 Å². The molecule has 0 aliphatic heterocycles. The van der Waals surface area contributed by atoms with Crippen LogP contribution in [0.2, 0.25) is 0 Å². The minimum Gasteiger partial charge on any atom is -0.454 e. The minimum atomic E-state index is -2.02. The summed E-state index contributed by atoms with van der Waals surface area (Å²) in [5.41, 5.74) is -0.748. The molecule has 0 aromatic heterocycles. The van der Waals surface area contributed by atoms with Gasteiger partial charge in [-0.25, -0.2) is 4.79 Å². The highest BCUT2D eigenvalue weighted by Gasteiger charge is 2.46. The molecule has 0 heterocycles. The van der Waals surface area contributed by atoms with Crippen LogP contribution in [0.5, 0.6) is 0 Å². The Morgan fingerprint density at radius 2 is 1.85 bits per heavy atom. The van der Waals surface area contributed by atoms with E-state index in [1.54, 1.807) is 41.5 Å². The number of carbonyl (C=O) groups excluding carboxylic acids is 2. The van der Waals surface area contributed by atoms with Gasteiger partial charge in [0.1, 0.15) is 5.60 Å². The molecule has 0 saturated carbocycles. The van der Waals surface area contributed by atoms with Crippen LogP contribution < -0.4 is 5.32 Å². The van der Waals surface area contributed by atoms with E-state index in [9.17, 15) is 9.59 Å². The zero-order valence-corrected chi connectivity index (χ0v) is 13.0. The van der Waals surface area contributed by atoms with Crippen molar-refractivity contribution in [2.45, 2.75) is 59.3 Å². The lowest BCUT2D eigenvalue weighted by atomic mass is 10.2. The maximum atomic E-state index is 12.3. The highest BCUT2D eigenvalue weighted by atomic mass is 16.8. The zero-order valence-electron chi connectivity index (χ0n) is 13.0. The van der Waals surface area contributed by atoms with Gasteiger partial charge in [-0.05, 0) is 41.5 Å². The Balaban J connectivity index is 5.18. The quantitative estimate of drug-likeness (QED) is 0.390. The Bertz CT molecular complexity index is 314. The van der Waals surface area contributed by atoms with Crippen LogP contribution in [0.3, 0.4) is 0 Å². The average molecular weight is 291 g/mol. The molecule has 7 heteroatoms. The first-order valence-corrected chi connectivity index (χ1v) is 6.59. The van der Waals surface area contributed by atoms with Gasteiger partial charge in [0, 0.05) is 13.2 Å². The lowest BCUT2D eigenvalue weighted by molar-refractivity contribution is -0.310. The molecule has 0 aliphatic carbocycles. The number of amides is 1. The van der Waals surface area contributed by atoms with E-state index >= 15 is 0 Å². The first-order chi connectivity index (χ1) is 9.20. The molecule has 2 atom stereocenters. The molecule has 20 heavy (non-hydrogen) atoms. The summed E-state index contributed by atoms with van der Waals surface area (Å²) in [6.45, 7) is 10.7. The van der Waals surface area contributed by atoms with Crippen LogP contribution in [0, 0.1) is 0 Å². The molecule has 0 rings (SSSR count). The van der Waals surface area contributed by atoms with Gasteiger partial charge in [-0.3, -0.25) is 14.8 Å². The van der Waals surface area contributed by atoms with Crippen LogP contribution in [0.25, 0.3) is 0 Å². The van der Waals surface area contributed by atoms with Gasteiger partial charge in [0.2, 0.25) is 6.41 Å². The Morgan fingerprint density at radius 3 is 2.25 bits per heavy atom. The van der Waals surface area contributed by atoms with Crippen molar-refractivity contribution in [1.82, 2.24) is 5.32 Å². The van der Waals surface area contributed by atoms with E-state index in [4.69, 9.17) is 18.9 Å². The Kier molecular flexibility index (Phi) is 7.70. The molecule has 0 fully saturated rings. The standard InChI is InChI=1S/C13H25NO6/c1-7-17-10(3)19-13(14-9-15,18-8-2)11(16)20-12(4,5)6/h9-10H,7-8H2,1-6H3,(H,14,15). The second-order valence-electron chi connectivity index (χ2n) is 4.95. The van der Waals surface area contributed by atoms with Crippen molar-refractivity contribution < 1.29 is 28.5 Å². The van der Waals surface area contributed by atoms with E-state index in [0.29, 0.717) is 13.0 Å². The van der Waals surface area contributed by atoms with E-state index in [2.05, 4.69) is 5.32 Å². The Labute approximate surface area is 119 Å². The maximum Gasteiger partial charge on any atom is 0.391 e. The summed E-state index contributed by atoms with van der Waals surface area (Å²) in [5, 5.41) is 2.23. The van der Waals surface area contributed by atoms with E-state index in [1.807, 2.05) is 0 Å². The highest BCUT2D eigenvalue weighted by molar-refractivity contribution is 5.80. The van der Waals surface area contributed by atoms with E-state index < -0.39 is 23.8 Å². The summed E-state index contributed by atoms with van der Waals surface area (Å²) >= 11 is 0. The van der Waals surface area contributed by atoms with Crippen molar-refractivity contribution in [2.75, 3.05) is 13.2 Å². The van der Waals surface area contributed by atoms with Crippen molar-refractivity contribution in [2.24, 2.45) is 0 Å². The molecule has 1 amide bonds. The summed E-state index contributed by atoms with van der Waals surface area (Å²) in [6.07, 6.45) is -0.440. The van der Waals surface area contributed by atoms with Crippen molar-refractivity contribution in [3.05, 3.63) is 0 Å². The van der Waals surface area contributed by atoms with Crippen LogP contribution in [-0.4, -0.2) is 43.4 Å². The monoisotopic (exact) mass is 291 g/mol. The van der Waals surface area contributed by atoms with Gasteiger partial charge < -0.3 is 14.2 Å². The van der Waals surface area contributed by atoms with Gasteiger partial charge >= 0.3 is 11.9 Å². The van der Waals surface area contributed by atoms with Crippen LogP contribution in [0.15, 0.2) is 0 Å². The van der Waals surface area contributed by atoms with Crippen molar-refractivity contribution in [1.29, 1.82) is 0 Å². The van der Waals surface area contributed by atoms with Gasteiger partial charge in [0.05, 0.1) is 0 Å². The second kappa shape index (κ2) is 8.18. The summed E-state index contributed by atoms with van der Waals surface area (Å²) in [4.78, 5) is 23.0. The smallest absolute Gasteiger partial charge is 0.391 e. The SMILES string of the molecule is CCOC(C)OC(NC=O)(OCC)C(=O)OC(C)(C)C. The lowest BCUT2D eigenvalue weighted by Gasteiger charge is -2.34. The number of ether oxygens (including phenoxy) is 4. The van der Waals surface area contributed by atoms with Gasteiger partial charge in [0.25, 0.3) is 0 Å². The van der Waals surface area contributed by atoms with Gasteiger partial charge in [-0.15, -0.1) is 0 Å². The molecule has 0 aromatic rings. The summed E-state index contributed by atoms with van der Waals surface area (Å²) in [5.74, 6) is -2.86. The predicted octanol–water partition coefficient (Wildman–Crippen LogP) is 1.16. The molecule has 7 nitrogen and oxygen atoms in total. The largest absolute Gasteiger partial charge is 0.454 e. The van der Waals surface area contributed by atoms with Crippen LogP contribution in [0.4, 0.5) is 0 Å². The molecule has 0 aromatic carbocycles. The van der Waals surface area contributed by atoms with Gasteiger partial charge in [-0.1, -0.05) is 0 Å². The fourth-order valence-electron chi connectivity index (χ4n) is 1.40. The fraction of sp³-hybridized carbons (Fsp3) is 0.846. The number of carbonyl (C=O) groups is 2. The summed E-state index contributed by atoms with van der Waals surface area (Å²) < 4.78 is 21.1. The Morgan fingerprint density at radius 1 is 1.25 bits per heavy atom. The molecule has 118 valence electrons. The Hall–Kier alpha value is -1.18. The number of hydrogen-bond acceptors (Lipinski definition) is 6. The second-order valence-corrected chi connectivity index (χ2v) is 4.95. The molecular formula is C13H25NO6. The molecule has 0 saturated heterocycles. The summed E-state index contributed by atoms with van der Waals surface area (Å²) in [7, 11) is 0. The third-order valence-electron chi connectivity index (χ3n) is 2.00. The average Bonchev–Trinajstić information content (AvgIpc) is 2.27. The number of nitrogens with one attached hydrogen (secondary N) is 1. The molecule has 0 spiro atoms. The molecular weight excluding hydrogens is 266 g/mol.